The summed E-state index contributed by atoms with van der Waals surface area (Å²) in [6, 6.07) is 11.3. The van der Waals surface area contributed by atoms with E-state index in [1.165, 1.54) is 6.20 Å². The Labute approximate surface area is 104 Å². The number of rotatable bonds is 2. The van der Waals surface area contributed by atoms with Crippen LogP contribution in [0.4, 0.5) is 11.4 Å². The van der Waals surface area contributed by atoms with E-state index < -0.39 is 0 Å². The third-order valence-corrected chi connectivity index (χ3v) is 2.83. The van der Waals surface area contributed by atoms with Crippen molar-refractivity contribution in [1.29, 1.82) is 0 Å². The van der Waals surface area contributed by atoms with E-state index in [1.807, 2.05) is 30.3 Å². The van der Waals surface area contributed by atoms with E-state index in [9.17, 15) is 5.21 Å². The van der Waals surface area contributed by atoms with E-state index in [4.69, 9.17) is 5.73 Å². The predicted octanol–water partition coefficient (Wildman–Crippen LogP) is 2.28. The Kier molecular flexibility index (Phi) is 2.39. The summed E-state index contributed by atoms with van der Waals surface area (Å²) in [6.07, 6.45) is 4.88. The summed E-state index contributed by atoms with van der Waals surface area (Å²) >= 11 is 0. The Balaban J connectivity index is 2.13. The monoisotopic (exact) mass is 240 g/mol. The fourth-order valence-electron chi connectivity index (χ4n) is 1.91. The average molecular weight is 240 g/mol. The summed E-state index contributed by atoms with van der Waals surface area (Å²) in [7, 11) is 0. The topological polar surface area (TPSA) is 67.3 Å². The molecule has 2 heterocycles. The number of anilines is 2. The number of benzene rings is 1. The lowest BCUT2D eigenvalue weighted by atomic mass is 10.3. The van der Waals surface area contributed by atoms with Crippen LogP contribution in [-0.2, 0) is 0 Å². The van der Waals surface area contributed by atoms with Gasteiger partial charge in [-0.25, -0.2) is 4.68 Å². The molecule has 0 radical (unpaired) electrons. The molecule has 3 aromatic rings. The zero-order valence-electron chi connectivity index (χ0n) is 9.56. The highest BCUT2D eigenvalue weighted by molar-refractivity contribution is 5.81. The van der Waals surface area contributed by atoms with E-state index in [-0.39, 0.29) is 0 Å². The highest BCUT2D eigenvalue weighted by Crippen LogP contribution is 2.23. The van der Waals surface area contributed by atoms with Crippen molar-refractivity contribution in [3.63, 3.8) is 0 Å². The number of pyridine rings is 1. The Morgan fingerprint density at radius 1 is 1.17 bits per heavy atom. The minimum atomic E-state index is 0.443. The third-order valence-electron chi connectivity index (χ3n) is 2.83. The summed E-state index contributed by atoms with van der Waals surface area (Å²) in [5.74, 6) is 0. The van der Waals surface area contributed by atoms with Crippen LogP contribution in [0.3, 0.4) is 0 Å². The van der Waals surface area contributed by atoms with Crippen molar-refractivity contribution in [2.45, 2.75) is 0 Å². The van der Waals surface area contributed by atoms with Crippen LogP contribution in [0.1, 0.15) is 0 Å². The molecule has 0 aliphatic heterocycles. The highest BCUT2D eigenvalue weighted by Gasteiger charge is 2.11. The van der Waals surface area contributed by atoms with E-state index >= 15 is 0 Å². The second-order valence-corrected chi connectivity index (χ2v) is 3.94. The van der Waals surface area contributed by atoms with Crippen LogP contribution in [0, 0.1) is 0 Å². The second-order valence-electron chi connectivity index (χ2n) is 3.94. The number of nitrogens with two attached hydrogens (primary N) is 1. The van der Waals surface area contributed by atoms with Gasteiger partial charge in [-0.05, 0) is 18.2 Å². The molecule has 0 saturated heterocycles. The van der Waals surface area contributed by atoms with Gasteiger partial charge in [0.05, 0.1) is 17.4 Å². The zero-order chi connectivity index (χ0) is 12.5. The molecule has 0 atom stereocenters. The molecule has 0 amide bonds. The first kappa shape index (κ1) is 10.6. The number of fused-ring (bicyclic) bond motifs is 1. The first-order chi connectivity index (χ1) is 8.77. The predicted molar refractivity (Wildman–Crippen MR) is 70.3 cm³/mol. The Morgan fingerprint density at radius 2 is 2.00 bits per heavy atom. The lowest BCUT2D eigenvalue weighted by molar-refractivity contribution is 0.224. The van der Waals surface area contributed by atoms with Gasteiger partial charge in [0.15, 0.2) is 0 Å². The molecular formula is C13H12N4O. The van der Waals surface area contributed by atoms with E-state index in [0.717, 1.165) is 16.1 Å². The number of hydrogen-bond acceptors (Lipinski definition) is 4. The molecule has 0 aliphatic carbocycles. The highest BCUT2D eigenvalue weighted by atomic mass is 16.5. The standard InChI is InChI=1S/C13H12N4O/c14-11-5-7-15-9-13(11)17(18)16-8-6-10-3-1-2-4-12(10)16/h1-9,18H,(H2,14,15). The fraction of sp³-hybridized carbons (Fsp3) is 0. The number of nitrogens with zero attached hydrogens (tertiary/aromatic N) is 3. The largest absolute Gasteiger partial charge is 0.397 e. The van der Waals surface area contributed by atoms with Crippen molar-refractivity contribution in [2.24, 2.45) is 0 Å². The molecule has 2 aromatic heterocycles. The normalized spacial score (nSPS) is 10.7. The van der Waals surface area contributed by atoms with E-state index in [0.29, 0.717) is 11.4 Å². The number of nitrogen functional groups attached to an aromatic ring is 1. The molecule has 0 saturated carbocycles. The molecule has 0 unspecified atom stereocenters. The van der Waals surface area contributed by atoms with Crippen LogP contribution in [0.2, 0.25) is 0 Å². The van der Waals surface area contributed by atoms with E-state index in [1.54, 1.807) is 23.1 Å². The van der Waals surface area contributed by atoms with Crippen LogP contribution < -0.4 is 10.9 Å². The van der Waals surface area contributed by atoms with Crippen LogP contribution >= 0.6 is 0 Å². The summed E-state index contributed by atoms with van der Waals surface area (Å²) in [4.78, 5) is 3.96. The summed E-state index contributed by atoms with van der Waals surface area (Å²) < 4.78 is 1.61. The molecule has 90 valence electrons. The van der Waals surface area contributed by atoms with Crippen molar-refractivity contribution in [1.82, 2.24) is 9.66 Å². The smallest absolute Gasteiger partial charge is 0.129 e. The van der Waals surface area contributed by atoms with Gasteiger partial charge in [0.2, 0.25) is 0 Å². The minimum absolute atomic E-state index is 0.443. The van der Waals surface area contributed by atoms with Gasteiger partial charge >= 0.3 is 0 Å². The molecule has 3 N–H and O–H groups in total. The number of para-hydroxylation sites is 1. The first-order valence-corrected chi connectivity index (χ1v) is 5.52. The maximum atomic E-state index is 10.2. The lowest BCUT2D eigenvalue weighted by Crippen LogP contribution is -2.25. The van der Waals surface area contributed by atoms with Crippen LogP contribution in [-0.4, -0.2) is 14.9 Å². The molecule has 0 aliphatic rings. The van der Waals surface area contributed by atoms with Crippen molar-refractivity contribution in [2.75, 3.05) is 10.9 Å². The minimum Gasteiger partial charge on any atom is -0.397 e. The van der Waals surface area contributed by atoms with Crippen molar-refractivity contribution in [3.05, 3.63) is 55.0 Å². The summed E-state index contributed by atoms with van der Waals surface area (Å²) in [5, 5.41) is 12.3. The molecule has 0 bridgehead atoms. The summed E-state index contributed by atoms with van der Waals surface area (Å²) in [6.45, 7) is 0. The van der Waals surface area contributed by atoms with Gasteiger partial charge in [0, 0.05) is 17.8 Å². The molecule has 3 rings (SSSR count). The first-order valence-electron chi connectivity index (χ1n) is 5.52. The fourth-order valence-corrected chi connectivity index (χ4v) is 1.91. The maximum absolute atomic E-state index is 10.2. The Bertz CT molecular complexity index is 692. The zero-order valence-corrected chi connectivity index (χ0v) is 9.56. The molecule has 0 spiro atoms. The van der Waals surface area contributed by atoms with Crippen LogP contribution in [0.5, 0.6) is 0 Å². The SMILES string of the molecule is Nc1ccncc1N(O)n1ccc2ccccc21. The summed E-state index contributed by atoms with van der Waals surface area (Å²) in [5.41, 5.74) is 7.62. The Hall–Kier alpha value is -2.53. The number of hydrogen-bond donors (Lipinski definition) is 2. The lowest BCUT2D eigenvalue weighted by Gasteiger charge is -2.20. The van der Waals surface area contributed by atoms with Crippen LogP contribution in [0.25, 0.3) is 10.9 Å². The van der Waals surface area contributed by atoms with Gasteiger partial charge in [-0.1, -0.05) is 18.2 Å². The molecule has 18 heavy (non-hydrogen) atoms. The van der Waals surface area contributed by atoms with Gasteiger partial charge in [0.25, 0.3) is 0 Å². The third kappa shape index (κ3) is 1.57. The molecule has 1 aromatic carbocycles. The maximum Gasteiger partial charge on any atom is 0.129 e. The average Bonchev–Trinajstić information content (AvgIpc) is 2.82. The van der Waals surface area contributed by atoms with Gasteiger partial charge in [-0.15, -0.1) is 0 Å². The van der Waals surface area contributed by atoms with Gasteiger partial charge in [-0.2, -0.15) is 5.17 Å². The quantitative estimate of drug-likeness (QED) is 0.674. The van der Waals surface area contributed by atoms with Crippen molar-refractivity contribution >= 4 is 22.3 Å². The Morgan fingerprint density at radius 3 is 2.83 bits per heavy atom. The van der Waals surface area contributed by atoms with Crippen LogP contribution in [0.15, 0.2) is 55.0 Å². The molecule has 0 fully saturated rings. The molecular weight excluding hydrogens is 228 g/mol. The van der Waals surface area contributed by atoms with Gasteiger partial charge in [-0.3, -0.25) is 10.2 Å². The molecule has 5 heteroatoms. The van der Waals surface area contributed by atoms with E-state index in [2.05, 4.69) is 4.98 Å². The number of aromatic nitrogens is 2. The molecule has 5 nitrogen and oxygen atoms in total. The van der Waals surface area contributed by atoms with Gasteiger partial charge in [0.1, 0.15) is 5.69 Å². The van der Waals surface area contributed by atoms with Crippen molar-refractivity contribution < 1.29 is 5.21 Å². The van der Waals surface area contributed by atoms with Gasteiger partial charge < -0.3 is 5.73 Å². The second kappa shape index (κ2) is 4.05. The van der Waals surface area contributed by atoms with Crippen molar-refractivity contribution in [3.8, 4) is 0 Å².